The van der Waals surface area contributed by atoms with Gasteiger partial charge in [-0.2, -0.15) is 0 Å². The summed E-state index contributed by atoms with van der Waals surface area (Å²) in [7, 11) is 0. The maximum absolute atomic E-state index is 6.12. The molecule has 0 aliphatic carbocycles. The molecule has 0 amide bonds. The molecule has 2 heterocycles. The van der Waals surface area contributed by atoms with Gasteiger partial charge in [-0.05, 0) is 31.9 Å². The largest absolute Gasteiger partial charge is 0.475 e. The predicted octanol–water partition coefficient (Wildman–Crippen LogP) is 2.79. The Morgan fingerprint density at radius 1 is 1.53 bits per heavy atom. The number of halogens is 1. The van der Waals surface area contributed by atoms with Crippen LogP contribution < -0.4 is 10.1 Å². The van der Waals surface area contributed by atoms with Crippen LogP contribution in [0, 0.1) is 0 Å². The fourth-order valence-corrected chi connectivity index (χ4v) is 2.18. The minimum atomic E-state index is 0.208. The average molecular weight is 285 g/mol. The molecule has 19 heavy (non-hydrogen) atoms. The van der Waals surface area contributed by atoms with Crippen LogP contribution in [0.15, 0.2) is 12.1 Å². The van der Waals surface area contributed by atoms with Gasteiger partial charge in [-0.15, -0.1) is 0 Å². The Balaban J connectivity index is 1.87. The van der Waals surface area contributed by atoms with E-state index >= 15 is 0 Å². The normalized spacial score (nSPS) is 18.7. The molecule has 1 aliphatic rings. The summed E-state index contributed by atoms with van der Waals surface area (Å²) < 4.78 is 11.2. The van der Waals surface area contributed by atoms with Crippen molar-refractivity contribution in [2.45, 2.75) is 38.8 Å². The van der Waals surface area contributed by atoms with E-state index in [4.69, 9.17) is 21.1 Å². The highest BCUT2D eigenvalue weighted by atomic mass is 35.5. The van der Waals surface area contributed by atoms with Crippen LogP contribution in [0.25, 0.3) is 0 Å². The van der Waals surface area contributed by atoms with Crippen molar-refractivity contribution in [1.29, 1.82) is 0 Å². The number of ether oxygens (including phenoxy) is 2. The molecule has 1 aromatic heterocycles. The summed E-state index contributed by atoms with van der Waals surface area (Å²) in [6.07, 6.45) is 3.48. The van der Waals surface area contributed by atoms with Crippen molar-refractivity contribution in [1.82, 2.24) is 10.3 Å². The second-order valence-corrected chi connectivity index (χ2v) is 5.11. The summed E-state index contributed by atoms with van der Waals surface area (Å²) >= 11 is 6.12. The Morgan fingerprint density at radius 3 is 3.16 bits per heavy atom. The summed E-state index contributed by atoms with van der Waals surface area (Å²) in [6.45, 7) is 5.16. The lowest BCUT2D eigenvalue weighted by atomic mass is 10.2. The van der Waals surface area contributed by atoms with Crippen molar-refractivity contribution in [3.8, 4) is 5.88 Å². The van der Waals surface area contributed by atoms with Crippen LogP contribution in [0.5, 0.6) is 5.88 Å². The molecule has 4 nitrogen and oxygen atoms in total. The standard InChI is InChI=1S/C14H21ClN2O2/c1-2-7-16-9-13-12(15)5-6-14(17-13)19-10-11-4-3-8-18-11/h5-6,11,16H,2-4,7-10H2,1H3. The van der Waals surface area contributed by atoms with Crippen LogP contribution >= 0.6 is 11.6 Å². The molecule has 0 spiro atoms. The molecule has 1 aromatic rings. The van der Waals surface area contributed by atoms with Crippen LogP contribution in [-0.2, 0) is 11.3 Å². The molecule has 5 heteroatoms. The van der Waals surface area contributed by atoms with Crippen molar-refractivity contribution in [2.75, 3.05) is 19.8 Å². The Bertz CT molecular complexity index is 395. The zero-order valence-corrected chi connectivity index (χ0v) is 12.1. The monoisotopic (exact) mass is 284 g/mol. The van der Waals surface area contributed by atoms with Crippen molar-refractivity contribution in [3.63, 3.8) is 0 Å². The molecular formula is C14H21ClN2O2. The lowest BCUT2D eigenvalue weighted by Gasteiger charge is -2.12. The SMILES string of the molecule is CCCNCc1nc(OCC2CCCO2)ccc1Cl. The Kier molecular flexibility index (Phi) is 5.89. The summed E-state index contributed by atoms with van der Waals surface area (Å²) in [6, 6.07) is 3.64. The minimum Gasteiger partial charge on any atom is -0.475 e. The Labute approximate surface area is 119 Å². The van der Waals surface area contributed by atoms with Gasteiger partial charge in [0, 0.05) is 19.2 Å². The van der Waals surface area contributed by atoms with Crippen LogP contribution in [0.3, 0.4) is 0 Å². The van der Waals surface area contributed by atoms with Gasteiger partial charge in [0.15, 0.2) is 0 Å². The third-order valence-electron chi connectivity index (χ3n) is 3.05. The van der Waals surface area contributed by atoms with E-state index in [9.17, 15) is 0 Å². The van der Waals surface area contributed by atoms with Crippen LogP contribution in [0.4, 0.5) is 0 Å². The third-order valence-corrected chi connectivity index (χ3v) is 3.40. The van der Waals surface area contributed by atoms with E-state index in [1.807, 2.05) is 6.07 Å². The maximum Gasteiger partial charge on any atom is 0.213 e. The van der Waals surface area contributed by atoms with Gasteiger partial charge < -0.3 is 14.8 Å². The fourth-order valence-electron chi connectivity index (χ4n) is 2.01. The molecular weight excluding hydrogens is 264 g/mol. The van der Waals surface area contributed by atoms with Gasteiger partial charge in [0.05, 0.1) is 16.8 Å². The topological polar surface area (TPSA) is 43.4 Å². The van der Waals surface area contributed by atoms with Crippen molar-refractivity contribution in [3.05, 3.63) is 22.8 Å². The first kappa shape index (κ1) is 14.6. The summed E-state index contributed by atoms with van der Waals surface area (Å²) in [4.78, 5) is 4.43. The summed E-state index contributed by atoms with van der Waals surface area (Å²) in [5, 5.41) is 3.96. The van der Waals surface area contributed by atoms with E-state index in [1.54, 1.807) is 6.07 Å². The Morgan fingerprint density at radius 2 is 2.42 bits per heavy atom. The number of rotatable bonds is 7. The second kappa shape index (κ2) is 7.68. The van der Waals surface area contributed by atoms with Gasteiger partial charge in [-0.1, -0.05) is 18.5 Å². The molecule has 0 aromatic carbocycles. The maximum atomic E-state index is 6.12. The van der Waals surface area contributed by atoms with Gasteiger partial charge in [-0.3, -0.25) is 0 Å². The molecule has 2 rings (SSSR count). The average Bonchev–Trinajstić information content (AvgIpc) is 2.93. The molecule has 0 bridgehead atoms. The molecule has 1 fully saturated rings. The highest BCUT2D eigenvalue weighted by Crippen LogP contribution is 2.19. The van der Waals surface area contributed by atoms with Crippen molar-refractivity contribution in [2.24, 2.45) is 0 Å². The molecule has 1 aliphatic heterocycles. The number of hydrogen-bond donors (Lipinski definition) is 1. The quantitative estimate of drug-likeness (QED) is 0.782. The number of nitrogens with zero attached hydrogens (tertiary/aromatic N) is 1. The molecule has 1 saturated heterocycles. The van der Waals surface area contributed by atoms with Crippen LogP contribution in [-0.4, -0.2) is 30.8 Å². The van der Waals surface area contributed by atoms with E-state index in [2.05, 4.69) is 17.2 Å². The summed E-state index contributed by atoms with van der Waals surface area (Å²) in [5.41, 5.74) is 0.833. The number of hydrogen-bond acceptors (Lipinski definition) is 4. The highest BCUT2D eigenvalue weighted by Gasteiger charge is 2.16. The van der Waals surface area contributed by atoms with Gasteiger partial charge in [-0.25, -0.2) is 4.98 Å². The number of pyridine rings is 1. The smallest absolute Gasteiger partial charge is 0.213 e. The molecule has 1 unspecified atom stereocenters. The molecule has 1 N–H and O–H groups in total. The number of aromatic nitrogens is 1. The lowest BCUT2D eigenvalue weighted by Crippen LogP contribution is -2.18. The first-order valence-electron chi connectivity index (χ1n) is 6.90. The zero-order chi connectivity index (χ0) is 13.5. The van der Waals surface area contributed by atoms with Gasteiger partial charge >= 0.3 is 0 Å². The lowest BCUT2D eigenvalue weighted by molar-refractivity contribution is 0.0662. The molecule has 0 saturated carbocycles. The van der Waals surface area contributed by atoms with E-state index in [0.717, 1.165) is 38.1 Å². The van der Waals surface area contributed by atoms with E-state index in [1.165, 1.54) is 0 Å². The van der Waals surface area contributed by atoms with Crippen molar-refractivity contribution < 1.29 is 9.47 Å². The molecule has 106 valence electrons. The molecule has 0 radical (unpaired) electrons. The molecule has 1 atom stereocenters. The minimum absolute atomic E-state index is 0.208. The third kappa shape index (κ3) is 4.64. The predicted molar refractivity (Wildman–Crippen MR) is 75.7 cm³/mol. The van der Waals surface area contributed by atoms with Gasteiger partial charge in [0.2, 0.25) is 5.88 Å². The Hall–Kier alpha value is -0.840. The van der Waals surface area contributed by atoms with Gasteiger partial charge in [0.1, 0.15) is 6.61 Å². The van der Waals surface area contributed by atoms with Crippen molar-refractivity contribution >= 4 is 11.6 Å². The van der Waals surface area contributed by atoms with Gasteiger partial charge in [0.25, 0.3) is 0 Å². The van der Waals surface area contributed by atoms with Crippen LogP contribution in [0.1, 0.15) is 31.9 Å². The fraction of sp³-hybridized carbons (Fsp3) is 0.643. The number of nitrogens with one attached hydrogen (secondary N) is 1. The van der Waals surface area contributed by atoms with E-state index in [-0.39, 0.29) is 6.10 Å². The zero-order valence-electron chi connectivity index (χ0n) is 11.3. The second-order valence-electron chi connectivity index (χ2n) is 4.70. The highest BCUT2D eigenvalue weighted by molar-refractivity contribution is 6.31. The first-order chi connectivity index (χ1) is 9.29. The first-order valence-corrected chi connectivity index (χ1v) is 7.28. The van der Waals surface area contributed by atoms with E-state index < -0.39 is 0 Å². The summed E-state index contributed by atoms with van der Waals surface area (Å²) in [5.74, 6) is 0.619. The van der Waals surface area contributed by atoms with E-state index in [0.29, 0.717) is 24.1 Å². The van der Waals surface area contributed by atoms with Crippen LogP contribution in [0.2, 0.25) is 5.02 Å².